The molecule has 0 aliphatic heterocycles. The quantitative estimate of drug-likeness (QED) is 0.0260. The summed E-state index contributed by atoms with van der Waals surface area (Å²) in [5.74, 6) is -1.74. The van der Waals surface area contributed by atoms with E-state index < -0.39 is 18.1 Å². The zero-order valence-electron chi connectivity index (χ0n) is 39.4. The Morgan fingerprint density at radius 1 is 0.525 bits per heavy atom. The van der Waals surface area contributed by atoms with E-state index in [0.29, 0.717) is 12.8 Å². The molecular formula is C51H95NO7. The van der Waals surface area contributed by atoms with Crippen LogP contribution in [0.2, 0.25) is 0 Å². The summed E-state index contributed by atoms with van der Waals surface area (Å²) < 4.78 is 17.2. The Hall–Kier alpha value is -2.19. The SMILES string of the molecule is CC/C=C/C/C=C/CCCCCCCC(=O)OCC(COCCC(C(=O)[O-])[N+](C)(C)C)OC(=O)CCCCCCCCCCCCCCCCCCCCCCCCC. The van der Waals surface area contributed by atoms with Gasteiger partial charge in [0, 0.05) is 19.3 Å². The molecule has 0 fully saturated rings. The van der Waals surface area contributed by atoms with Gasteiger partial charge in [0.25, 0.3) is 0 Å². The second-order valence-corrected chi connectivity index (χ2v) is 18.0. The summed E-state index contributed by atoms with van der Waals surface area (Å²) in [7, 11) is 5.41. The zero-order valence-corrected chi connectivity index (χ0v) is 39.4. The van der Waals surface area contributed by atoms with Crippen molar-refractivity contribution < 1.29 is 38.2 Å². The lowest BCUT2D eigenvalue weighted by atomic mass is 10.0. The standard InChI is InChI=1S/C51H95NO7/c1-6-8-10-12-14-16-18-20-21-22-23-24-25-26-27-28-29-30-32-34-36-38-40-42-50(54)59-47(45-57-44-43-48(51(55)56)52(3,4)5)46-58-49(53)41-39-37-35-33-31-19-17-15-13-11-9-7-2/h9,11,15,17,47-48H,6-8,10,12-14,16,18-46H2,1-5H3/b11-9+,17-15+. The van der Waals surface area contributed by atoms with Gasteiger partial charge in [-0.1, -0.05) is 199 Å². The van der Waals surface area contributed by atoms with Crippen LogP contribution >= 0.6 is 0 Å². The van der Waals surface area contributed by atoms with E-state index in [0.717, 1.165) is 70.6 Å². The van der Waals surface area contributed by atoms with Crippen molar-refractivity contribution in [2.24, 2.45) is 0 Å². The van der Waals surface area contributed by atoms with Gasteiger partial charge in [-0.15, -0.1) is 0 Å². The second kappa shape index (κ2) is 42.5. The molecule has 0 spiro atoms. The van der Waals surface area contributed by atoms with E-state index in [2.05, 4.69) is 38.2 Å². The van der Waals surface area contributed by atoms with Crippen LogP contribution in [0.25, 0.3) is 0 Å². The normalized spacial score (nSPS) is 13.0. The maximum atomic E-state index is 12.8. The van der Waals surface area contributed by atoms with Gasteiger partial charge in [-0.3, -0.25) is 9.59 Å². The number of carboxylic acids is 1. The van der Waals surface area contributed by atoms with Crippen LogP contribution in [0.5, 0.6) is 0 Å². The highest BCUT2D eigenvalue weighted by molar-refractivity contribution is 5.70. The molecule has 0 aromatic carbocycles. The number of esters is 2. The van der Waals surface area contributed by atoms with Crippen molar-refractivity contribution in [3.8, 4) is 0 Å². The first-order valence-electron chi connectivity index (χ1n) is 24.9. The number of hydrogen-bond donors (Lipinski definition) is 0. The predicted molar refractivity (Wildman–Crippen MR) is 245 cm³/mol. The topological polar surface area (TPSA) is 102 Å². The summed E-state index contributed by atoms with van der Waals surface area (Å²) in [5.41, 5.74) is 0. The van der Waals surface area contributed by atoms with Gasteiger partial charge in [0.1, 0.15) is 12.6 Å². The van der Waals surface area contributed by atoms with Crippen molar-refractivity contribution in [3.63, 3.8) is 0 Å². The fourth-order valence-corrected chi connectivity index (χ4v) is 7.52. The molecule has 2 atom stereocenters. The zero-order chi connectivity index (χ0) is 43.5. The molecule has 0 aromatic heterocycles. The Morgan fingerprint density at radius 3 is 1.39 bits per heavy atom. The average Bonchev–Trinajstić information content (AvgIpc) is 3.19. The smallest absolute Gasteiger partial charge is 0.306 e. The first-order chi connectivity index (χ1) is 28.6. The first-order valence-corrected chi connectivity index (χ1v) is 24.9. The van der Waals surface area contributed by atoms with Crippen molar-refractivity contribution in [1.29, 1.82) is 0 Å². The number of likely N-dealkylation sites (N-methyl/N-ethyl adjacent to an activating group) is 1. The Bertz CT molecular complexity index is 1020. The van der Waals surface area contributed by atoms with Crippen LogP contribution in [-0.4, -0.2) is 75.5 Å². The maximum Gasteiger partial charge on any atom is 0.306 e. The summed E-state index contributed by atoms with van der Waals surface area (Å²) in [6.07, 6.45) is 47.9. The Kier molecular flexibility index (Phi) is 40.9. The molecular weight excluding hydrogens is 739 g/mol. The summed E-state index contributed by atoms with van der Waals surface area (Å²) in [5, 5.41) is 11.6. The summed E-state index contributed by atoms with van der Waals surface area (Å²) in [4.78, 5) is 36.9. The van der Waals surface area contributed by atoms with Crippen LogP contribution in [0, 0.1) is 0 Å². The number of hydrogen-bond acceptors (Lipinski definition) is 7. The van der Waals surface area contributed by atoms with Gasteiger partial charge >= 0.3 is 11.9 Å². The molecule has 0 amide bonds. The first kappa shape index (κ1) is 56.8. The van der Waals surface area contributed by atoms with Crippen LogP contribution in [0.4, 0.5) is 0 Å². The predicted octanol–water partition coefficient (Wildman–Crippen LogP) is 12.7. The van der Waals surface area contributed by atoms with Crippen molar-refractivity contribution in [3.05, 3.63) is 24.3 Å². The molecule has 0 aliphatic rings. The van der Waals surface area contributed by atoms with Crippen molar-refractivity contribution >= 4 is 17.9 Å². The molecule has 346 valence electrons. The number of unbranched alkanes of at least 4 members (excludes halogenated alkanes) is 27. The number of carboxylic acid groups (broad SMARTS) is 1. The van der Waals surface area contributed by atoms with Gasteiger partial charge in [0.2, 0.25) is 0 Å². The van der Waals surface area contributed by atoms with Crippen LogP contribution in [0.3, 0.4) is 0 Å². The third-order valence-corrected chi connectivity index (χ3v) is 11.4. The molecule has 2 unspecified atom stereocenters. The lowest BCUT2D eigenvalue weighted by Gasteiger charge is -2.34. The van der Waals surface area contributed by atoms with Gasteiger partial charge in [-0.25, -0.2) is 0 Å². The highest BCUT2D eigenvalue weighted by atomic mass is 16.6. The number of carbonyl (C=O) groups is 3. The van der Waals surface area contributed by atoms with Gasteiger partial charge in [-0.2, -0.15) is 0 Å². The molecule has 0 N–H and O–H groups in total. The lowest BCUT2D eigenvalue weighted by Crippen LogP contribution is -2.55. The van der Waals surface area contributed by atoms with E-state index >= 15 is 0 Å². The maximum absolute atomic E-state index is 12.8. The summed E-state index contributed by atoms with van der Waals surface area (Å²) >= 11 is 0. The Morgan fingerprint density at radius 2 is 0.949 bits per heavy atom. The van der Waals surface area contributed by atoms with Crippen LogP contribution in [-0.2, 0) is 28.6 Å². The third kappa shape index (κ3) is 41.0. The molecule has 0 radical (unpaired) electrons. The molecule has 0 saturated carbocycles. The van der Waals surface area contributed by atoms with Crippen LogP contribution in [0.15, 0.2) is 24.3 Å². The fraction of sp³-hybridized carbons (Fsp3) is 0.863. The molecule has 0 rings (SSSR count). The lowest BCUT2D eigenvalue weighted by molar-refractivity contribution is -0.889. The van der Waals surface area contributed by atoms with Gasteiger partial charge in [0.05, 0.1) is 40.3 Å². The molecule has 0 heterocycles. The number of rotatable bonds is 45. The molecule has 0 bridgehead atoms. The Balaban J connectivity index is 4.16. The largest absolute Gasteiger partial charge is 0.544 e. The molecule has 0 aliphatic carbocycles. The van der Waals surface area contributed by atoms with Crippen LogP contribution < -0.4 is 5.11 Å². The van der Waals surface area contributed by atoms with E-state index in [1.165, 1.54) is 128 Å². The number of nitrogens with zero attached hydrogens (tertiary/aromatic N) is 1. The number of aliphatic carboxylic acids is 1. The third-order valence-electron chi connectivity index (χ3n) is 11.4. The van der Waals surface area contributed by atoms with Crippen molar-refractivity contribution in [2.75, 3.05) is 41.0 Å². The van der Waals surface area contributed by atoms with E-state index in [1.807, 2.05) is 0 Å². The molecule has 8 nitrogen and oxygen atoms in total. The number of carbonyl (C=O) groups excluding carboxylic acids is 3. The van der Waals surface area contributed by atoms with E-state index in [-0.39, 0.29) is 42.7 Å². The number of ether oxygens (including phenoxy) is 3. The summed E-state index contributed by atoms with van der Waals surface area (Å²) in [6, 6.07) is -0.725. The van der Waals surface area contributed by atoms with E-state index in [9.17, 15) is 19.5 Å². The van der Waals surface area contributed by atoms with Gasteiger partial charge < -0.3 is 28.6 Å². The monoisotopic (exact) mass is 834 g/mol. The minimum atomic E-state index is -1.12. The molecule has 59 heavy (non-hydrogen) atoms. The van der Waals surface area contributed by atoms with Gasteiger partial charge in [-0.05, 0) is 38.5 Å². The average molecular weight is 834 g/mol. The van der Waals surface area contributed by atoms with Crippen LogP contribution in [0.1, 0.15) is 232 Å². The second-order valence-electron chi connectivity index (χ2n) is 18.0. The van der Waals surface area contributed by atoms with E-state index in [1.54, 1.807) is 21.1 Å². The van der Waals surface area contributed by atoms with E-state index in [4.69, 9.17) is 14.2 Å². The van der Waals surface area contributed by atoms with Crippen molar-refractivity contribution in [1.82, 2.24) is 0 Å². The molecule has 8 heteroatoms. The van der Waals surface area contributed by atoms with Crippen molar-refractivity contribution in [2.45, 2.75) is 244 Å². The minimum absolute atomic E-state index is 0.0403. The molecule has 0 aromatic rings. The highest BCUT2D eigenvalue weighted by Gasteiger charge is 2.25. The van der Waals surface area contributed by atoms with Gasteiger partial charge in [0.15, 0.2) is 6.10 Å². The number of quaternary nitrogens is 1. The number of allylic oxidation sites excluding steroid dienone is 4. The summed E-state index contributed by atoms with van der Waals surface area (Å²) in [6.45, 7) is 4.57. The highest BCUT2D eigenvalue weighted by Crippen LogP contribution is 2.17. The minimum Gasteiger partial charge on any atom is -0.544 e. The molecule has 0 saturated heterocycles. The Labute approximate surface area is 364 Å². The fourth-order valence-electron chi connectivity index (χ4n) is 7.52.